The van der Waals surface area contributed by atoms with E-state index in [0.29, 0.717) is 11.8 Å². The predicted molar refractivity (Wildman–Crippen MR) is 92.2 cm³/mol. The lowest BCUT2D eigenvalue weighted by Crippen LogP contribution is -2.55. The van der Waals surface area contributed by atoms with Crippen molar-refractivity contribution in [2.45, 2.75) is 39.9 Å². The first kappa shape index (κ1) is 14.7. The van der Waals surface area contributed by atoms with Crippen molar-refractivity contribution in [1.29, 1.82) is 0 Å². The van der Waals surface area contributed by atoms with Crippen LogP contribution in [0.5, 0.6) is 0 Å². The van der Waals surface area contributed by atoms with E-state index >= 15 is 0 Å². The number of hydrogen-bond donors (Lipinski definition) is 0. The summed E-state index contributed by atoms with van der Waals surface area (Å²) in [7, 11) is 0. The van der Waals surface area contributed by atoms with Crippen molar-refractivity contribution in [3.8, 4) is 0 Å². The number of halogens is 4. The predicted octanol–water partition coefficient (Wildman–Crippen LogP) is 4.42. The molecular formula is C16H18Cl4N2. The number of nitrogens with zero attached hydrogens (tertiary/aromatic N) is 2. The summed E-state index contributed by atoms with van der Waals surface area (Å²) in [6, 6.07) is 0. The SMILES string of the molecule is ClC1(Cl)[C@@]2(Cl)N=C(N3CCCCC3)[C@]1(Cl)[C@H]1[C@@H]2[C@@H]2C=C[C@H]1C2. The third kappa shape index (κ3) is 1.38. The molecule has 0 unspecified atom stereocenters. The summed E-state index contributed by atoms with van der Waals surface area (Å²) in [5.74, 6) is 2.06. The molecule has 120 valence electrons. The van der Waals surface area contributed by atoms with Gasteiger partial charge in [-0.1, -0.05) is 47.0 Å². The molecule has 0 spiro atoms. The number of fused-ring (bicyclic) bond motifs is 9. The molecule has 0 radical (unpaired) electrons. The highest BCUT2D eigenvalue weighted by molar-refractivity contribution is 6.63. The lowest BCUT2D eigenvalue weighted by molar-refractivity contribution is 0.266. The first-order chi connectivity index (χ1) is 10.4. The molecule has 5 aliphatic rings. The van der Waals surface area contributed by atoms with Crippen LogP contribution in [-0.4, -0.2) is 38.0 Å². The number of aliphatic imine (C=N–C) groups is 1. The van der Waals surface area contributed by atoms with Gasteiger partial charge in [0.15, 0.2) is 9.33 Å². The fourth-order valence-electron chi connectivity index (χ4n) is 5.64. The Balaban J connectivity index is 1.66. The van der Waals surface area contributed by atoms with Crippen molar-refractivity contribution in [3.63, 3.8) is 0 Å². The Morgan fingerprint density at radius 2 is 1.59 bits per heavy atom. The number of allylic oxidation sites excluding steroid dienone is 2. The van der Waals surface area contributed by atoms with Gasteiger partial charge in [0.2, 0.25) is 0 Å². The van der Waals surface area contributed by atoms with Crippen LogP contribution >= 0.6 is 46.4 Å². The molecule has 3 aliphatic carbocycles. The Kier molecular flexibility index (Phi) is 2.88. The summed E-state index contributed by atoms with van der Waals surface area (Å²) in [6.07, 6.45) is 9.26. The molecule has 0 aromatic heterocycles. The minimum Gasteiger partial charge on any atom is -0.359 e. The molecular weight excluding hydrogens is 362 g/mol. The molecule has 2 nitrogen and oxygen atoms in total. The van der Waals surface area contributed by atoms with Gasteiger partial charge in [0.05, 0.1) is 0 Å². The molecule has 0 aromatic carbocycles. The van der Waals surface area contributed by atoms with Crippen molar-refractivity contribution >= 4 is 52.2 Å². The minimum atomic E-state index is -1.24. The second kappa shape index (κ2) is 4.31. The second-order valence-electron chi connectivity index (χ2n) is 7.44. The fourth-order valence-corrected chi connectivity index (χ4v) is 7.57. The van der Waals surface area contributed by atoms with E-state index < -0.39 is 14.2 Å². The van der Waals surface area contributed by atoms with Gasteiger partial charge in [-0.25, -0.2) is 4.99 Å². The fraction of sp³-hybridized carbons (Fsp3) is 0.812. The van der Waals surface area contributed by atoms with Crippen molar-refractivity contribution in [2.24, 2.45) is 28.7 Å². The van der Waals surface area contributed by atoms with Crippen LogP contribution in [0.1, 0.15) is 25.7 Å². The van der Waals surface area contributed by atoms with Crippen molar-refractivity contribution in [2.75, 3.05) is 13.1 Å². The van der Waals surface area contributed by atoms with Gasteiger partial charge in [-0.2, -0.15) is 0 Å². The third-order valence-corrected chi connectivity index (χ3v) is 9.39. The monoisotopic (exact) mass is 378 g/mol. The van der Waals surface area contributed by atoms with E-state index in [4.69, 9.17) is 51.4 Å². The molecule has 2 heterocycles. The molecule has 0 aromatic rings. The van der Waals surface area contributed by atoms with E-state index in [-0.39, 0.29) is 11.8 Å². The lowest BCUT2D eigenvalue weighted by Gasteiger charge is -2.42. The van der Waals surface area contributed by atoms with E-state index in [2.05, 4.69) is 17.1 Å². The number of piperidine rings is 1. The smallest absolute Gasteiger partial charge is 0.183 e. The van der Waals surface area contributed by atoms with Crippen LogP contribution in [0.2, 0.25) is 0 Å². The summed E-state index contributed by atoms with van der Waals surface area (Å²) in [6.45, 7) is 1.96. The molecule has 5 rings (SSSR count). The first-order valence-electron chi connectivity index (χ1n) is 8.20. The van der Waals surface area contributed by atoms with Crippen LogP contribution < -0.4 is 0 Å². The molecule has 6 atom stereocenters. The zero-order valence-electron chi connectivity index (χ0n) is 12.1. The highest BCUT2D eigenvalue weighted by Crippen LogP contribution is 2.77. The van der Waals surface area contributed by atoms with E-state index in [1.165, 1.54) is 19.3 Å². The van der Waals surface area contributed by atoms with Gasteiger partial charge in [0, 0.05) is 24.9 Å². The molecule has 2 saturated carbocycles. The highest BCUT2D eigenvalue weighted by atomic mass is 35.5. The summed E-state index contributed by atoms with van der Waals surface area (Å²) in [5, 5.41) is 0. The molecule has 0 N–H and O–H groups in total. The Bertz CT molecular complexity index is 597. The minimum absolute atomic E-state index is 0.158. The van der Waals surface area contributed by atoms with Crippen LogP contribution in [0.3, 0.4) is 0 Å². The Hall–Kier alpha value is 0.370. The maximum atomic E-state index is 7.22. The number of hydrogen-bond acceptors (Lipinski definition) is 2. The van der Waals surface area contributed by atoms with Crippen molar-refractivity contribution in [3.05, 3.63) is 12.2 Å². The summed E-state index contributed by atoms with van der Waals surface area (Å²) in [5.41, 5.74) is 0. The number of alkyl halides is 4. The van der Waals surface area contributed by atoms with E-state index in [0.717, 1.165) is 25.3 Å². The van der Waals surface area contributed by atoms with Gasteiger partial charge < -0.3 is 4.90 Å². The Morgan fingerprint density at radius 3 is 2.27 bits per heavy atom. The van der Waals surface area contributed by atoms with E-state index in [1.54, 1.807) is 0 Å². The van der Waals surface area contributed by atoms with E-state index in [1.807, 2.05) is 0 Å². The van der Waals surface area contributed by atoms with Crippen LogP contribution in [0.25, 0.3) is 0 Å². The summed E-state index contributed by atoms with van der Waals surface area (Å²) in [4.78, 5) is 5.32. The topological polar surface area (TPSA) is 15.6 Å². The highest BCUT2D eigenvalue weighted by Gasteiger charge is 2.85. The lowest BCUT2D eigenvalue weighted by atomic mass is 9.77. The average molecular weight is 380 g/mol. The molecule has 1 saturated heterocycles. The standard InChI is InChI=1S/C16H18Cl4N2/c17-14-11-9-4-5-10(8-9)12(11)15(18,16(14,19)20)21-13(14)22-6-2-1-3-7-22/h4-5,9-12H,1-3,6-8H2/t9-,10+,11+,12-,14+,15-/m0/s1. The van der Waals surface area contributed by atoms with E-state index in [9.17, 15) is 0 Å². The van der Waals surface area contributed by atoms with Gasteiger partial charge in [-0.05, 0) is 37.5 Å². The van der Waals surface area contributed by atoms with Crippen LogP contribution in [0.15, 0.2) is 17.1 Å². The molecule has 4 bridgehead atoms. The molecule has 0 amide bonds. The molecule has 2 aliphatic heterocycles. The van der Waals surface area contributed by atoms with Crippen LogP contribution in [-0.2, 0) is 0 Å². The summed E-state index contributed by atoms with van der Waals surface area (Å²) >= 11 is 27.8. The third-order valence-electron chi connectivity index (χ3n) is 6.51. The number of rotatable bonds is 0. The zero-order valence-corrected chi connectivity index (χ0v) is 15.1. The second-order valence-corrected chi connectivity index (χ2v) is 9.94. The first-order valence-corrected chi connectivity index (χ1v) is 9.71. The van der Waals surface area contributed by atoms with Crippen molar-refractivity contribution < 1.29 is 0 Å². The summed E-state index contributed by atoms with van der Waals surface area (Å²) < 4.78 is -1.24. The number of likely N-dealkylation sites (tertiary alicyclic amines) is 1. The maximum absolute atomic E-state index is 7.22. The van der Waals surface area contributed by atoms with Crippen molar-refractivity contribution in [1.82, 2.24) is 4.90 Å². The normalized spacial score (nSPS) is 54.0. The molecule has 3 fully saturated rings. The zero-order chi connectivity index (χ0) is 15.3. The van der Waals surface area contributed by atoms with Gasteiger partial charge >= 0.3 is 0 Å². The quantitative estimate of drug-likeness (QED) is 0.263. The van der Waals surface area contributed by atoms with Gasteiger partial charge in [-0.3, -0.25) is 0 Å². The molecule has 22 heavy (non-hydrogen) atoms. The maximum Gasteiger partial charge on any atom is 0.183 e. The Morgan fingerprint density at radius 1 is 0.955 bits per heavy atom. The average Bonchev–Trinajstić information content (AvgIpc) is 3.19. The van der Waals surface area contributed by atoms with Gasteiger partial charge in [0.1, 0.15) is 10.7 Å². The van der Waals surface area contributed by atoms with Crippen LogP contribution in [0, 0.1) is 23.7 Å². The Labute approximate surface area is 150 Å². The molecule has 6 heteroatoms. The van der Waals surface area contributed by atoms with Gasteiger partial charge in [-0.15, -0.1) is 11.6 Å². The van der Waals surface area contributed by atoms with Crippen LogP contribution in [0.4, 0.5) is 0 Å². The largest absolute Gasteiger partial charge is 0.359 e. The number of amidine groups is 1. The van der Waals surface area contributed by atoms with Gasteiger partial charge in [0.25, 0.3) is 0 Å².